The average molecular weight is 465 g/mol. The number of alkyl halides is 3. The van der Waals surface area contributed by atoms with Gasteiger partial charge >= 0.3 is 6.18 Å². The second-order valence-corrected chi connectivity index (χ2v) is 8.47. The van der Waals surface area contributed by atoms with Crippen LogP contribution in [0.15, 0.2) is 79.6 Å². The van der Waals surface area contributed by atoms with E-state index in [0.717, 1.165) is 47.6 Å². The first-order valence-electron chi connectivity index (χ1n) is 11.0. The van der Waals surface area contributed by atoms with E-state index in [0.29, 0.717) is 29.4 Å². The molecule has 0 saturated heterocycles. The summed E-state index contributed by atoms with van der Waals surface area (Å²) in [5, 5.41) is 3.34. The van der Waals surface area contributed by atoms with Crippen LogP contribution in [0.4, 0.5) is 30.4 Å². The molecule has 0 aliphatic carbocycles. The molecule has 0 saturated carbocycles. The van der Waals surface area contributed by atoms with Gasteiger partial charge in [-0.1, -0.05) is 43.0 Å². The van der Waals surface area contributed by atoms with E-state index < -0.39 is 11.7 Å². The van der Waals surface area contributed by atoms with Crippen molar-refractivity contribution >= 4 is 22.8 Å². The van der Waals surface area contributed by atoms with Crippen molar-refractivity contribution in [2.45, 2.75) is 19.5 Å². The van der Waals surface area contributed by atoms with Crippen LogP contribution >= 0.6 is 0 Å². The first-order valence-corrected chi connectivity index (χ1v) is 11.0. The summed E-state index contributed by atoms with van der Waals surface area (Å²) >= 11 is 0. The van der Waals surface area contributed by atoms with Crippen LogP contribution in [0.25, 0.3) is 16.8 Å². The molecule has 1 aromatic heterocycles. The van der Waals surface area contributed by atoms with E-state index in [1.165, 1.54) is 6.07 Å². The van der Waals surface area contributed by atoms with E-state index in [1.807, 2.05) is 49.2 Å². The van der Waals surface area contributed by atoms with Crippen molar-refractivity contribution in [3.05, 3.63) is 90.8 Å². The minimum atomic E-state index is -4.41. The maximum Gasteiger partial charge on any atom is 0.416 e. The summed E-state index contributed by atoms with van der Waals surface area (Å²) in [5.74, 6) is 1.30. The molecule has 7 heteroatoms. The topological polar surface area (TPSA) is 31.4 Å². The molecular formula is C27H27F3N4. The largest absolute Gasteiger partial charge is 0.416 e. The van der Waals surface area contributed by atoms with Crippen LogP contribution in [0.5, 0.6) is 0 Å². The summed E-state index contributed by atoms with van der Waals surface area (Å²) in [5.41, 5.74) is 4.02. The highest BCUT2D eigenvalue weighted by atomic mass is 19.4. The van der Waals surface area contributed by atoms with Gasteiger partial charge in [-0.15, -0.1) is 0 Å². The van der Waals surface area contributed by atoms with E-state index in [2.05, 4.69) is 23.4 Å². The summed E-state index contributed by atoms with van der Waals surface area (Å²) in [4.78, 5) is 8.90. The third kappa shape index (κ3) is 4.93. The van der Waals surface area contributed by atoms with Crippen LogP contribution in [-0.4, -0.2) is 25.1 Å². The van der Waals surface area contributed by atoms with Crippen molar-refractivity contribution in [1.82, 2.24) is 4.98 Å². The monoisotopic (exact) mass is 464 g/mol. The van der Waals surface area contributed by atoms with Gasteiger partial charge in [0, 0.05) is 31.4 Å². The molecular weight excluding hydrogens is 437 g/mol. The van der Waals surface area contributed by atoms with Crippen LogP contribution < -0.4 is 15.1 Å². The van der Waals surface area contributed by atoms with Gasteiger partial charge in [-0.05, 0) is 55.3 Å². The number of hydrogen-bond donors (Lipinski definition) is 1. The fraction of sp³-hybridized carbons (Fsp3) is 0.222. The molecule has 0 bridgehead atoms. The molecule has 0 radical (unpaired) electrons. The summed E-state index contributed by atoms with van der Waals surface area (Å²) in [6, 6.07) is 16.8. The smallest absolute Gasteiger partial charge is 0.372 e. The number of allylic oxidation sites excluding steroid dienone is 1. The Morgan fingerprint density at radius 3 is 2.41 bits per heavy atom. The van der Waals surface area contributed by atoms with E-state index in [-0.39, 0.29) is 0 Å². The quantitative estimate of drug-likeness (QED) is 0.439. The predicted octanol–water partition coefficient (Wildman–Crippen LogP) is 7.03. The second kappa shape index (κ2) is 9.25. The van der Waals surface area contributed by atoms with Gasteiger partial charge in [0.2, 0.25) is 0 Å². The zero-order valence-electron chi connectivity index (χ0n) is 19.3. The molecule has 0 fully saturated rings. The van der Waals surface area contributed by atoms with Crippen molar-refractivity contribution < 1.29 is 13.2 Å². The molecule has 3 aromatic rings. The van der Waals surface area contributed by atoms with Crippen molar-refractivity contribution in [2.75, 3.05) is 35.3 Å². The lowest BCUT2D eigenvalue weighted by Crippen LogP contribution is -2.28. The number of halogens is 3. The van der Waals surface area contributed by atoms with Crippen molar-refractivity contribution in [3.63, 3.8) is 0 Å². The third-order valence-corrected chi connectivity index (χ3v) is 5.87. The van der Waals surface area contributed by atoms with E-state index in [4.69, 9.17) is 4.98 Å². The Hall–Kier alpha value is -3.74. The number of pyridine rings is 1. The van der Waals surface area contributed by atoms with Gasteiger partial charge in [0.15, 0.2) is 5.82 Å². The molecule has 2 heterocycles. The number of nitrogens with zero attached hydrogens (tertiary/aromatic N) is 3. The van der Waals surface area contributed by atoms with E-state index >= 15 is 0 Å². The summed E-state index contributed by atoms with van der Waals surface area (Å²) < 4.78 is 39.7. The highest BCUT2D eigenvalue weighted by Crippen LogP contribution is 2.36. The fourth-order valence-corrected chi connectivity index (χ4v) is 3.98. The Kier molecular flexibility index (Phi) is 6.37. The molecule has 4 nitrogen and oxygen atoms in total. The predicted molar refractivity (Wildman–Crippen MR) is 134 cm³/mol. The van der Waals surface area contributed by atoms with Crippen LogP contribution in [0, 0.1) is 0 Å². The lowest BCUT2D eigenvalue weighted by molar-refractivity contribution is -0.137. The molecule has 0 unspecified atom stereocenters. The molecule has 0 atom stereocenters. The Balaban J connectivity index is 1.68. The molecule has 0 spiro atoms. The van der Waals surface area contributed by atoms with Crippen LogP contribution in [-0.2, 0) is 6.18 Å². The van der Waals surface area contributed by atoms with E-state index in [9.17, 15) is 13.2 Å². The lowest BCUT2D eigenvalue weighted by atomic mass is 10.1. The molecule has 4 rings (SSSR count). The lowest BCUT2D eigenvalue weighted by Gasteiger charge is -2.27. The normalized spacial score (nSPS) is 13.8. The Morgan fingerprint density at radius 1 is 1.00 bits per heavy atom. The Labute approximate surface area is 198 Å². The van der Waals surface area contributed by atoms with Gasteiger partial charge in [-0.2, -0.15) is 13.2 Å². The molecule has 1 N–H and O–H groups in total. The number of aromatic nitrogens is 1. The highest BCUT2D eigenvalue weighted by Gasteiger charge is 2.31. The minimum Gasteiger partial charge on any atom is -0.372 e. The Bertz CT molecular complexity index is 1220. The molecule has 176 valence electrons. The Morgan fingerprint density at radius 2 is 1.74 bits per heavy atom. The summed E-state index contributed by atoms with van der Waals surface area (Å²) in [6.07, 6.45) is -3.53. The minimum absolute atomic E-state index is 0.415. The first-order chi connectivity index (χ1) is 16.1. The summed E-state index contributed by atoms with van der Waals surface area (Å²) in [6.45, 7) is 11.7. The molecule has 34 heavy (non-hydrogen) atoms. The summed E-state index contributed by atoms with van der Waals surface area (Å²) in [7, 11) is 1.99. The number of fused-ring (bicyclic) bond motifs is 1. The van der Waals surface area contributed by atoms with Crippen LogP contribution in [0.3, 0.4) is 0 Å². The number of anilines is 3. The van der Waals surface area contributed by atoms with Gasteiger partial charge in [0.1, 0.15) is 5.82 Å². The molecule has 1 aliphatic heterocycles. The number of nitrogens with one attached hydrogen (secondary N) is 1. The first kappa shape index (κ1) is 23.4. The highest BCUT2D eigenvalue weighted by molar-refractivity contribution is 5.76. The van der Waals surface area contributed by atoms with Crippen molar-refractivity contribution in [2.24, 2.45) is 0 Å². The third-order valence-electron chi connectivity index (χ3n) is 5.87. The van der Waals surface area contributed by atoms with Crippen LogP contribution in [0.2, 0.25) is 0 Å². The van der Waals surface area contributed by atoms with Crippen molar-refractivity contribution in [1.29, 1.82) is 0 Å². The fourth-order valence-electron chi connectivity index (χ4n) is 3.98. The maximum atomic E-state index is 13.2. The molecule has 2 aromatic carbocycles. The van der Waals surface area contributed by atoms with Gasteiger partial charge < -0.3 is 15.1 Å². The van der Waals surface area contributed by atoms with Crippen molar-refractivity contribution in [3.8, 4) is 11.3 Å². The van der Waals surface area contributed by atoms with Crippen LogP contribution in [0.1, 0.15) is 24.5 Å². The van der Waals surface area contributed by atoms with E-state index in [1.54, 1.807) is 12.1 Å². The zero-order chi connectivity index (χ0) is 24.5. The number of hydrogen-bond acceptors (Lipinski definition) is 4. The molecule has 1 aliphatic rings. The SMILES string of the molecule is C=C(C)c1ccc(NC(=C)N2CCCN(C)c3ccc(-c4cccc(C(F)(F)F)c4)nc32)cc1. The van der Waals surface area contributed by atoms with Gasteiger partial charge in [0.05, 0.1) is 16.9 Å². The van der Waals surface area contributed by atoms with Gasteiger partial charge in [0.25, 0.3) is 0 Å². The molecule has 0 amide bonds. The zero-order valence-corrected chi connectivity index (χ0v) is 19.3. The average Bonchev–Trinajstić information content (AvgIpc) is 2.97. The second-order valence-electron chi connectivity index (χ2n) is 8.47. The number of rotatable bonds is 5. The van der Waals surface area contributed by atoms with Gasteiger partial charge in [-0.3, -0.25) is 0 Å². The van der Waals surface area contributed by atoms with Gasteiger partial charge in [-0.25, -0.2) is 4.98 Å². The number of benzene rings is 2. The maximum absolute atomic E-state index is 13.2. The standard InChI is InChI=1S/C27H27F3N4/c1-18(2)20-9-11-23(12-10-20)31-19(3)34-16-6-15-33(4)25-14-13-24(32-26(25)34)21-7-5-8-22(17-21)27(28,29)30/h5,7-14,17,31H,1,3,6,15-16H2,2,4H3.